The summed E-state index contributed by atoms with van der Waals surface area (Å²) in [6.45, 7) is 2.40. The van der Waals surface area contributed by atoms with Gasteiger partial charge in [-0.15, -0.1) is 0 Å². The molecule has 0 radical (unpaired) electrons. The Bertz CT molecular complexity index is 728. The molecule has 0 aliphatic carbocycles. The molecule has 1 aromatic heterocycles. The summed E-state index contributed by atoms with van der Waals surface area (Å²) >= 11 is 0. The molecule has 0 saturated carbocycles. The Morgan fingerprint density at radius 2 is 1.91 bits per heavy atom. The number of carbonyl (C=O) groups is 1. The molecule has 0 N–H and O–H groups in total. The van der Waals surface area contributed by atoms with E-state index in [1.165, 1.54) is 0 Å². The van der Waals surface area contributed by atoms with Gasteiger partial charge in [-0.05, 0) is 38.2 Å². The molecule has 1 amide bonds. The maximum atomic E-state index is 12.0. The number of nitrogens with zero attached hydrogens (tertiary/aromatic N) is 3. The first-order chi connectivity index (χ1) is 10.9. The van der Waals surface area contributed by atoms with E-state index in [-0.39, 0.29) is 11.9 Å². The number of hydrogen-bond donors (Lipinski definition) is 0. The van der Waals surface area contributed by atoms with Gasteiger partial charge in [0.25, 0.3) is 0 Å². The SMILES string of the molecule is CC(C(=O)N(C)C)N(C)Cc1ccc(-c2ccccc2C#N)o1. The fourth-order valence-electron chi connectivity index (χ4n) is 2.35. The van der Waals surface area contributed by atoms with Gasteiger partial charge in [-0.1, -0.05) is 12.1 Å². The number of benzene rings is 1. The summed E-state index contributed by atoms with van der Waals surface area (Å²) < 4.78 is 5.86. The van der Waals surface area contributed by atoms with Gasteiger partial charge < -0.3 is 9.32 Å². The topological polar surface area (TPSA) is 60.5 Å². The van der Waals surface area contributed by atoms with E-state index in [1.54, 1.807) is 25.1 Å². The van der Waals surface area contributed by atoms with Gasteiger partial charge in [0, 0.05) is 19.7 Å². The minimum Gasteiger partial charge on any atom is -0.460 e. The minimum atomic E-state index is -0.232. The van der Waals surface area contributed by atoms with Crippen LogP contribution in [-0.2, 0) is 11.3 Å². The number of likely N-dealkylation sites (N-methyl/N-ethyl adjacent to an activating group) is 2. The van der Waals surface area contributed by atoms with Crippen molar-refractivity contribution in [1.82, 2.24) is 9.80 Å². The molecule has 1 heterocycles. The van der Waals surface area contributed by atoms with Crippen LogP contribution in [0.15, 0.2) is 40.8 Å². The molecule has 2 aromatic rings. The van der Waals surface area contributed by atoms with Crippen LogP contribution in [0.3, 0.4) is 0 Å². The van der Waals surface area contributed by atoms with Crippen molar-refractivity contribution in [2.75, 3.05) is 21.1 Å². The summed E-state index contributed by atoms with van der Waals surface area (Å²) in [5.41, 5.74) is 1.36. The molecular formula is C18H21N3O2. The van der Waals surface area contributed by atoms with Crippen LogP contribution in [0, 0.1) is 11.3 Å². The van der Waals surface area contributed by atoms with Crippen molar-refractivity contribution in [2.24, 2.45) is 0 Å². The van der Waals surface area contributed by atoms with Crippen molar-refractivity contribution in [2.45, 2.75) is 19.5 Å². The molecule has 0 saturated heterocycles. The van der Waals surface area contributed by atoms with E-state index < -0.39 is 0 Å². The zero-order chi connectivity index (χ0) is 17.0. The maximum Gasteiger partial charge on any atom is 0.239 e. The predicted octanol–water partition coefficient (Wildman–Crippen LogP) is 2.73. The standard InChI is InChI=1S/C18H21N3O2/c1-13(18(22)20(2)3)21(4)12-15-9-10-17(23-15)16-8-6-5-7-14(16)11-19/h5-10,13H,12H2,1-4H3. The molecule has 0 bridgehead atoms. The monoisotopic (exact) mass is 311 g/mol. The Morgan fingerprint density at radius 1 is 1.22 bits per heavy atom. The largest absolute Gasteiger partial charge is 0.460 e. The smallest absolute Gasteiger partial charge is 0.239 e. The van der Waals surface area contributed by atoms with Crippen molar-refractivity contribution < 1.29 is 9.21 Å². The molecular weight excluding hydrogens is 290 g/mol. The van der Waals surface area contributed by atoms with Gasteiger partial charge in [-0.2, -0.15) is 5.26 Å². The van der Waals surface area contributed by atoms with Gasteiger partial charge in [-0.3, -0.25) is 9.69 Å². The Hall–Kier alpha value is -2.58. The van der Waals surface area contributed by atoms with Crippen LogP contribution in [0.2, 0.25) is 0 Å². The van der Waals surface area contributed by atoms with Crippen LogP contribution in [0.5, 0.6) is 0 Å². The van der Waals surface area contributed by atoms with Crippen molar-refractivity contribution in [1.29, 1.82) is 5.26 Å². The maximum absolute atomic E-state index is 12.0. The van der Waals surface area contributed by atoms with Gasteiger partial charge >= 0.3 is 0 Å². The first-order valence-electron chi connectivity index (χ1n) is 7.43. The van der Waals surface area contributed by atoms with Gasteiger partial charge in [-0.25, -0.2) is 0 Å². The van der Waals surface area contributed by atoms with Crippen LogP contribution in [-0.4, -0.2) is 42.9 Å². The van der Waals surface area contributed by atoms with E-state index in [4.69, 9.17) is 4.42 Å². The summed E-state index contributed by atoms with van der Waals surface area (Å²) in [7, 11) is 5.38. The van der Waals surface area contributed by atoms with Gasteiger partial charge in [0.15, 0.2) is 0 Å². The second-order valence-electron chi connectivity index (χ2n) is 5.75. The number of furan rings is 1. The summed E-state index contributed by atoms with van der Waals surface area (Å²) in [4.78, 5) is 15.5. The third kappa shape index (κ3) is 3.79. The highest BCUT2D eigenvalue weighted by Gasteiger charge is 2.20. The highest BCUT2D eigenvalue weighted by Crippen LogP contribution is 2.26. The minimum absolute atomic E-state index is 0.0501. The molecule has 5 nitrogen and oxygen atoms in total. The fourth-order valence-corrected chi connectivity index (χ4v) is 2.35. The Balaban J connectivity index is 2.14. The molecule has 0 fully saturated rings. The molecule has 5 heteroatoms. The molecule has 0 spiro atoms. The summed E-state index contributed by atoms with van der Waals surface area (Å²) in [5.74, 6) is 1.47. The van der Waals surface area contributed by atoms with E-state index in [0.29, 0.717) is 17.9 Å². The van der Waals surface area contributed by atoms with Crippen LogP contribution < -0.4 is 0 Å². The first kappa shape index (κ1) is 16.8. The van der Waals surface area contributed by atoms with Crippen molar-refractivity contribution >= 4 is 5.91 Å². The molecule has 1 unspecified atom stereocenters. The van der Waals surface area contributed by atoms with E-state index in [0.717, 1.165) is 11.3 Å². The zero-order valence-corrected chi connectivity index (χ0v) is 13.9. The highest BCUT2D eigenvalue weighted by molar-refractivity contribution is 5.80. The second-order valence-corrected chi connectivity index (χ2v) is 5.75. The number of hydrogen-bond acceptors (Lipinski definition) is 4. The number of carbonyl (C=O) groups excluding carboxylic acids is 1. The van der Waals surface area contributed by atoms with E-state index in [1.807, 2.05) is 49.2 Å². The fraction of sp³-hybridized carbons (Fsp3) is 0.333. The molecule has 120 valence electrons. The molecule has 1 atom stereocenters. The Labute approximate surface area is 136 Å². The molecule has 0 aliphatic heterocycles. The molecule has 23 heavy (non-hydrogen) atoms. The molecule has 1 aromatic carbocycles. The lowest BCUT2D eigenvalue weighted by molar-refractivity contribution is -0.133. The number of nitriles is 1. The average molecular weight is 311 g/mol. The predicted molar refractivity (Wildman–Crippen MR) is 88.5 cm³/mol. The number of rotatable bonds is 5. The van der Waals surface area contributed by atoms with Gasteiger partial charge in [0.2, 0.25) is 5.91 Å². The summed E-state index contributed by atoms with van der Waals surface area (Å²) in [6.07, 6.45) is 0. The Kier molecular flexibility index (Phi) is 5.20. The summed E-state index contributed by atoms with van der Waals surface area (Å²) in [5, 5.41) is 9.18. The van der Waals surface area contributed by atoms with E-state index >= 15 is 0 Å². The van der Waals surface area contributed by atoms with Crippen LogP contribution in [0.1, 0.15) is 18.2 Å². The van der Waals surface area contributed by atoms with E-state index in [2.05, 4.69) is 6.07 Å². The van der Waals surface area contributed by atoms with Crippen molar-refractivity contribution in [3.8, 4) is 17.4 Å². The number of amides is 1. The van der Waals surface area contributed by atoms with Crippen LogP contribution >= 0.6 is 0 Å². The molecule has 0 aliphatic rings. The van der Waals surface area contributed by atoms with Crippen LogP contribution in [0.25, 0.3) is 11.3 Å². The third-order valence-electron chi connectivity index (χ3n) is 3.84. The zero-order valence-electron chi connectivity index (χ0n) is 13.9. The van der Waals surface area contributed by atoms with Crippen LogP contribution in [0.4, 0.5) is 0 Å². The van der Waals surface area contributed by atoms with Crippen molar-refractivity contribution in [3.05, 3.63) is 47.7 Å². The first-order valence-corrected chi connectivity index (χ1v) is 7.43. The Morgan fingerprint density at radius 3 is 2.57 bits per heavy atom. The lowest BCUT2D eigenvalue weighted by Crippen LogP contribution is -2.42. The van der Waals surface area contributed by atoms with Gasteiger partial charge in [0.1, 0.15) is 11.5 Å². The summed E-state index contributed by atoms with van der Waals surface area (Å²) in [6, 6.07) is 13.0. The lowest BCUT2D eigenvalue weighted by atomic mass is 10.1. The second kappa shape index (κ2) is 7.12. The van der Waals surface area contributed by atoms with Crippen molar-refractivity contribution in [3.63, 3.8) is 0 Å². The third-order valence-corrected chi connectivity index (χ3v) is 3.84. The van der Waals surface area contributed by atoms with E-state index in [9.17, 15) is 10.1 Å². The average Bonchev–Trinajstić information content (AvgIpc) is 3.01. The highest BCUT2D eigenvalue weighted by atomic mass is 16.3. The quantitative estimate of drug-likeness (QED) is 0.852. The van der Waals surface area contributed by atoms with Gasteiger partial charge in [0.05, 0.1) is 24.2 Å². The molecule has 2 rings (SSSR count). The normalized spacial score (nSPS) is 12.0. The lowest BCUT2D eigenvalue weighted by Gasteiger charge is -2.25.